The molecule has 0 radical (unpaired) electrons. The van der Waals surface area contributed by atoms with Crippen molar-refractivity contribution < 1.29 is 17.6 Å². The molecule has 1 aromatic carbocycles. The van der Waals surface area contributed by atoms with Crippen molar-refractivity contribution in [3.8, 4) is 11.3 Å². The molecule has 2 heterocycles. The summed E-state index contributed by atoms with van der Waals surface area (Å²) < 4.78 is 29.9. The topological polar surface area (TPSA) is 67.6 Å². The van der Waals surface area contributed by atoms with Crippen LogP contribution >= 0.6 is 11.6 Å². The Labute approximate surface area is 171 Å². The fourth-order valence-corrected chi connectivity index (χ4v) is 5.54. The zero-order valence-corrected chi connectivity index (χ0v) is 17.8. The van der Waals surface area contributed by atoms with Crippen LogP contribution in [0.2, 0.25) is 5.02 Å². The molecule has 0 spiro atoms. The molecule has 1 aliphatic rings. The number of benzene rings is 1. The van der Waals surface area contributed by atoms with Crippen LogP contribution in [-0.2, 0) is 21.2 Å². The van der Waals surface area contributed by atoms with Gasteiger partial charge in [-0.05, 0) is 55.7 Å². The smallest absolute Gasteiger partial charge is 0.226 e. The molecule has 1 aliphatic heterocycles. The lowest BCUT2D eigenvalue weighted by atomic mass is 10.0. The van der Waals surface area contributed by atoms with E-state index in [1.54, 1.807) is 17.0 Å². The van der Waals surface area contributed by atoms with Crippen molar-refractivity contribution in [3.05, 3.63) is 47.2 Å². The van der Waals surface area contributed by atoms with Gasteiger partial charge in [-0.3, -0.25) is 4.79 Å². The third-order valence-electron chi connectivity index (χ3n) is 5.38. The largest absolute Gasteiger partial charge is 0.459 e. The van der Waals surface area contributed by atoms with Crippen molar-refractivity contribution in [2.75, 3.05) is 11.5 Å². The maximum absolute atomic E-state index is 13.1. The van der Waals surface area contributed by atoms with E-state index in [1.165, 1.54) is 0 Å². The lowest BCUT2D eigenvalue weighted by Gasteiger charge is -2.30. The molecule has 1 saturated heterocycles. The molecule has 7 heteroatoms. The molecule has 28 heavy (non-hydrogen) atoms. The van der Waals surface area contributed by atoms with Crippen LogP contribution in [0.25, 0.3) is 11.3 Å². The molecule has 5 nitrogen and oxygen atoms in total. The zero-order valence-electron chi connectivity index (χ0n) is 16.2. The number of amides is 1. The average molecular weight is 424 g/mol. The van der Waals surface area contributed by atoms with Gasteiger partial charge < -0.3 is 9.32 Å². The van der Waals surface area contributed by atoms with Crippen molar-refractivity contribution in [2.45, 2.75) is 45.7 Å². The first kappa shape index (κ1) is 20.9. The number of hydrogen-bond donors (Lipinski definition) is 0. The molecule has 2 aromatic rings. The van der Waals surface area contributed by atoms with E-state index in [0.717, 1.165) is 18.4 Å². The normalized spacial score (nSPS) is 18.5. The van der Waals surface area contributed by atoms with Crippen molar-refractivity contribution in [1.82, 2.24) is 4.90 Å². The molecule has 1 fully saturated rings. The molecule has 0 aliphatic carbocycles. The maximum atomic E-state index is 13.1. The highest BCUT2D eigenvalue weighted by Gasteiger charge is 2.36. The Morgan fingerprint density at radius 3 is 2.43 bits per heavy atom. The van der Waals surface area contributed by atoms with Crippen molar-refractivity contribution in [3.63, 3.8) is 0 Å². The second-order valence-corrected chi connectivity index (χ2v) is 9.97. The van der Waals surface area contributed by atoms with Gasteiger partial charge in [-0.15, -0.1) is 0 Å². The quantitative estimate of drug-likeness (QED) is 0.655. The molecular weight excluding hydrogens is 398 g/mol. The SMILES string of the molecule is CCC(CC)C(=O)N(Cc1ccc(-c2ccc(Cl)cc2)o1)[C@H]1CCS(=O)(=O)C1. The molecule has 152 valence electrons. The summed E-state index contributed by atoms with van der Waals surface area (Å²) in [5.74, 6) is 1.42. The van der Waals surface area contributed by atoms with Crippen LogP contribution < -0.4 is 0 Å². The molecule has 0 N–H and O–H groups in total. The van der Waals surface area contributed by atoms with Gasteiger partial charge in [0.25, 0.3) is 0 Å². The molecule has 0 bridgehead atoms. The molecular formula is C21H26ClNO4S. The van der Waals surface area contributed by atoms with E-state index >= 15 is 0 Å². The van der Waals surface area contributed by atoms with Crippen LogP contribution in [-0.4, -0.2) is 36.8 Å². The monoisotopic (exact) mass is 423 g/mol. The van der Waals surface area contributed by atoms with Crippen molar-refractivity contribution >= 4 is 27.3 Å². The highest BCUT2D eigenvalue weighted by atomic mass is 35.5. The summed E-state index contributed by atoms with van der Waals surface area (Å²) in [6, 6.07) is 10.8. The van der Waals surface area contributed by atoms with Gasteiger partial charge in [0.15, 0.2) is 9.84 Å². The number of carbonyl (C=O) groups excluding carboxylic acids is 1. The van der Waals surface area contributed by atoms with Gasteiger partial charge in [0.1, 0.15) is 11.5 Å². The van der Waals surface area contributed by atoms with Gasteiger partial charge in [-0.1, -0.05) is 25.4 Å². The Morgan fingerprint density at radius 1 is 1.18 bits per heavy atom. The number of sulfone groups is 1. The van der Waals surface area contributed by atoms with Gasteiger partial charge in [0.05, 0.1) is 18.1 Å². The van der Waals surface area contributed by atoms with Gasteiger partial charge in [0, 0.05) is 22.5 Å². The van der Waals surface area contributed by atoms with E-state index in [-0.39, 0.29) is 35.9 Å². The van der Waals surface area contributed by atoms with Crippen LogP contribution in [0.3, 0.4) is 0 Å². The Kier molecular flexibility index (Phi) is 6.50. The van der Waals surface area contributed by atoms with E-state index in [0.29, 0.717) is 23.0 Å². The van der Waals surface area contributed by atoms with E-state index in [1.807, 2.05) is 38.1 Å². The van der Waals surface area contributed by atoms with Crippen molar-refractivity contribution in [2.24, 2.45) is 5.92 Å². The Bertz CT molecular complexity index is 916. The zero-order chi connectivity index (χ0) is 20.3. The number of rotatable bonds is 7. The fraction of sp³-hybridized carbons (Fsp3) is 0.476. The molecule has 0 saturated carbocycles. The van der Waals surface area contributed by atoms with E-state index < -0.39 is 9.84 Å². The summed E-state index contributed by atoms with van der Waals surface area (Å²) >= 11 is 5.94. The minimum atomic E-state index is -3.08. The summed E-state index contributed by atoms with van der Waals surface area (Å²) in [4.78, 5) is 14.8. The summed E-state index contributed by atoms with van der Waals surface area (Å²) in [6.45, 7) is 4.26. The van der Waals surface area contributed by atoms with Crippen LogP contribution in [0.4, 0.5) is 0 Å². The molecule has 1 amide bonds. The standard InChI is InChI=1S/C21H26ClNO4S/c1-3-15(4-2)21(24)23(18-11-12-28(25,26)14-18)13-19-9-10-20(27-19)16-5-7-17(22)8-6-16/h5-10,15,18H,3-4,11-14H2,1-2H3/t18-/m0/s1. The highest BCUT2D eigenvalue weighted by Crippen LogP contribution is 2.28. The molecule has 1 atom stereocenters. The summed E-state index contributed by atoms with van der Waals surface area (Å²) in [5.41, 5.74) is 0.900. The minimum Gasteiger partial charge on any atom is -0.459 e. The lowest BCUT2D eigenvalue weighted by Crippen LogP contribution is -2.43. The van der Waals surface area contributed by atoms with Gasteiger partial charge in [-0.2, -0.15) is 0 Å². The van der Waals surface area contributed by atoms with Crippen LogP contribution in [0, 0.1) is 5.92 Å². The Morgan fingerprint density at radius 2 is 1.86 bits per heavy atom. The third-order valence-corrected chi connectivity index (χ3v) is 7.39. The number of nitrogens with zero attached hydrogens (tertiary/aromatic N) is 1. The predicted molar refractivity (Wildman–Crippen MR) is 111 cm³/mol. The summed E-state index contributed by atoms with van der Waals surface area (Å²) in [5, 5.41) is 0.653. The minimum absolute atomic E-state index is 0.0107. The van der Waals surface area contributed by atoms with E-state index in [4.69, 9.17) is 16.0 Å². The molecule has 0 unspecified atom stereocenters. The van der Waals surface area contributed by atoms with Gasteiger partial charge in [0.2, 0.25) is 5.91 Å². The molecule has 1 aromatic heterocycles. The first-order valence-electron chi connectivity index (χ1n) is 9.68. The third kappa shape index (κ3) is 4.78. The highest BCUT2D eigenvalue weighted by molar-refractivity contribution is 7.91. The number of halogens is 1. The maximum Gasteiger partial charge on any atom is 0.226 e. The predicted octanol–water partition coefficient (Wildman–Crippen LogP) is 4.55. The Hall–Kier alpha value is -1.79. The van der Waals surface area contributed by atoms with Gasteiger partial charge in [-0.25, -0.2) is 8.42 Å². The summed E-state index contributed by atoms with van der Waals surface area (Å²) in [6.07, 6.45) is 1.96. The van der Waals surface area contributed by atoms with Crippen molar-refractivity contribution in [1.29, 1.82) is 0 Å². The fourth-order valence-electron chi connectivity index (χ4n) is 3.68. The average Bonchev–Trinajstić information content (AvgIpc) is 3.27. The lowest BCUT2D eigenvalue weighted by molar-refractivity contribution is -0.138. The first-order chi connectivity index (χ1) is 13.3. The van der Waals surface area contributed by atoms with Crippen LogP contribution in [0.15, 0.2) is 40.8 Å². The second-order valence-electron chi connectivity index (χ2n) is 7.31. The Balaban J connectivity index is 1.83. The first-order valence-corrected chi connectivity index (χ1v) is 11.9. The number of hydrogen-bond acceptors (Lipinski definition) is 4. The van der Waals surface area contributed by atoms with E-state index in [2.05, 4.69) is 0 Å². The van der Waals surface area contributed by atoms with Crippen LogP contribution in [0.1, 0.15) is 38.9 Å². The molecule has 3 rings (SSSR count). The van der Waals surface area contributed by atoms with Crippen LogP contribution in [0.5, 0.6) is 0 Å². The second kappa shape index (κ2) is 8.70. The number of carbonyl (C=O) groups is 1. The number of furan rings is 1. The van der Waals surface area contributed by atoms with E-state index in [9.17, 15) is 13.2 Å². The van der Waals surface area contributed by atoms with Gasteiger partial charge >= 0.3 is 0 Å². The summed E-state index contributed by atoms with van der Waals surface area (Å²) in [7, 11) is -3.08.